The van der Waals surface area contributed by atoms with Crippen LogP contribution in [0.2, 0.25) is 0 Å². The van der Waals surface area contributed by atoms with E-state index >= 15 is 0 Å². The number of ether oxygens (including phenoxy) is 1. The highest BCUT2D eigenvalue weighted by atomic mass is 19.1. The molecule has 0 radical (unpaired) electrons. The van der Waals surface area contributed by atoms with E-state index in [9.17, 15) is 19.6 Å². The Morgan fingerprint density at radius 2 is 1.97 bits per heavy atom. The molecule has 2 unspecified atom stereocenters. The number of methoxy groups -OCH3 is 1. The molecule has 0 bridgehead atoms. The Hall–Kier alpha value is -3.99. The lowest BCUT2D eigenvalue weighted by atomic mass is 9.96. The fourth-order valence-electron chi connectivity index (χ4n) is 4.97. The summed E-state index contributed by atoms with van der Waals surface area (Å²) in [5.41, 5.74) is 2.96. The highest BCUT2D eigenvalue weighted by Gasteiger charge is 2.30. The number of aliphatic hydroxyl groups excluding tert-OH is 1. The summed E-state index contributed by atoms with van der Waals surface area (Å²) in [6.45, 7) is 0.562. The lowest BCUT2D eigenvalue weighted by molar-refractivity contribution is 0.141. The summed E-state index contributed by atoms with van der Waals surface area (Å²) in [7, 11) is 1.52. The predicted octanol–water partition coefficient (Wildman–Crippen LogP) is 3.94. The van der Waals surface area contributed by atoms with Crippen LogP contribution in [-0.2, 0) is 13.0 Å². The second-order valence-electron chi connectivity index (χ2n) is 8.62. The normalized spacial score (nSPS) is 16.7. The summed E-state index contributed by atoms with van der Waals surface area (Å²) in [4.78, 5) is 13.5. The monoisotopic (exact) mass is 469 g/mol. The van der Waals surface area contributed by atoms with E-state index in [2.05, 4.69) is 11.4 Å². The number of hydrogen-bond donors (Lipinski definition) is 2. The Morgan fingerprint density at radius 1 is 1.14 bits per heavy atom. The lowest BCUT2D eigenvalue weighted by Crippen LogP contribution is -2.34. The van der Waals surface area contributed by atoms with Gasteiger partial charge in [-0.25, -0.2) is 4.39 Å². The van der Waals surface area contributed by atoms with Crippen molar-refractivity contribution in [1.82, 2.24) is 9.88 Å². The SMILES string of the molecule is COc1ccc2c(=O)n(CCNC3c4ccccc4CC3O)c(C#N)c(-c3cccc(F)c3)c2c1. The van der Waals surface area contributed by atoms with Crippen LogP contribution in [0.25, 0.3) is 21.9 Å². The minimum atomic E-state index is -0.563. The molecule has 1 aliphatic rings. The van der Waals surface area contributed by atoms with Gasteiger partial charge in [0.2, 0.25) is 0 Å². The van der Waals surface area contributed by atoms with E-state index in [1.807, 2.05) is 24.3 Å². The van der Waals surface area contributed by atoms with Crippen molar-refractivity contribution in [2.75, 3.05) is 13.7 Å². The zero-order valence-electron chi connectivity index (χ0n) is 19.2. The van der Waals surface area contributed by atoms with Crippen molar-refractivity contribution < 1.29 is 14.2 Å². The van der Waals surface area contributed by atoms with Crippen molar-refractivity contribution in [3.05, 3.63) is 99.7 Å². The molecular formula is C28H24FN3O3. The minimum absolute atomic E-state index is 0.149. The molecule has 1 aromatic heterocycles. The zero-order valence-corrected chi connectivity index (χ0v) is 19.2. The largest absolute Gasteiger partial charge is 0.497 e. The fraction of sp³-hybridized carbons (Fsp3) is 0.214. The van der Waals surface area contributed by atoms with Gasteiger partial charge in [-0.05, 0) is 47.0 Å². The first-order valence-electron chi connectivity index (χ1n) is 11.4. The van der Waals surface area contributed by atoms with Crippen LogP contribution in [0.5, 0.6) is 5.75 Å². The number of benzene rings is 3. The first-order valence-corrected chi connectivity index (χ1v) is 11.4. The number of fused-ring (bicyclic) bond motifs is 2. The van der Waals surface area contributed by atoms with Gasteiger partial charge < -0.3 is 15.2 Å². The highest BCUT2D eigenvalue weighted by molar-refractivity contribution is 5.99. The number of rotatable bonds is 6. The van der Waals surface area contributed by atoms with E-state index in [1.54, 1.807) is 30.3 Å². The average molecular weight is 470 g/mol. The second-order valence-corrected chi connectivity index (χ2v) is 8.62. The maximum atomic E-state index is 14.1. The number of aromatic nitrogens is 1. The van der Waals surface area contributed by atoms with Crippen LogP contribution in [0.1, 0.15) is 22.9 Å². The van der Waals surface area contributed by atoms with E-state index < -0.39 is 11.9 Å². The van der Waals surface area contributed by atoms with E-state index in [4.69, 9.17) is 4.74 Å². The molecule has 6 nitrogen and oxygen atoms in total. The molecule has 0 spiro atoms. The van der Waals surface area contributed by atoms with E-state index in [0.717, 1.165) is 11.1 Å². The van der Waals surface area contributed by atoms with Gasteiger partial charge in [-0.3, -0.25) is 9.36 Å². The smallest absolute Gasteiger partial charge is 0.259 e. The van der Waals surface area contributed by atoms with Crippen LogP contribution in [0.15, 0.2) is 71.5 Å². The highest BCUT2D eigenvalue weighted by Crippen LogP contribution is 2.34. The van der Waals surface area contributed by atoms with Gasteiger partial charge in [-0.1, -0.05) is 36.4 Å². The van der Waals surface area contributed by atoms with Crippen molar-refractivity contribution in [2.45, 2.75) is 25.1 Å². The Bertz CT molecular complexity index is 1520. The Balaban J connectivity index is 1.58. The Labute approximate surface area is 201 Å². The third-order valence-electron chi connectivity index (χ3n) is 6.60. The van der Waals surface area contributed by atoms with Crippen LogP contribution in [0.3, 0.4) is 0 Å². The number of halogens is 1. The molecule has 7 heteroatoms. The summed E-state index contributed by atoms with van der Waals surface area (Å²) in [6, 6.07) is 20.9. The van der Waals surface area contributed by atoms with Gasteiger partial charge in [0.05, 0.1) is 19.3 Å². The summed E-state index contributed by atoms with van der Waals surface area (Å²) >= 11 is 0. The topological polar surface area (TPSA) is 87.3 Å². The molecule has 1 heterocycles. The second kappa shape index (κ2) is 9.34. The third kappa shape index (κ3) is 4.08. The van der Waals surface area contributed by atoms with Gasteiger partial charge >= 0.3 is 0 Å². The van der Waals surface area contributed by atoms with E-state index in [1.165, 1.54) is 23.8 Å². The number of aliphatic hydroxyl groups is 1. The minimum Gasteiger partial charge on any atom is -0.497 e. The molecule has 3 aromatic carbocycles. The molecule has 0 amide bonds. The molecule has 5 rings (SSSR count). The number of hydrogen-bond acceptors (Lipinski definition) is 5. The fourth-order valence-corrected chi connectivity index (χ4v) is 4.97. The van der Waals surface area contributed by atoms with Gasteiger partial charge in [0, 0.05) is 35.8 Å². The zero-order chi connectivity index (χ0) is 24.5. The number of nitrogens with zero attached hydrogens (tertiary/aromatic N) is 2. The summed E-state index contributed by atoms with van der Waals surface area (Å²) < 4.78 is 20.9. The van der Waals surface area contributed by atoms with E-state index in [-0.39, 0.29) is 23.8 Å². The molecule has 2 atom stereocenters. The third-order valence-corrected chi connectivity index (χ3v) is 6.60. The van der Waals surface area contributed by atoms with Gasteiger partial charge in [-0.2, -0.15) is 5.26 Å². The number of pyridine rings is 1. The standard InChI is InChI=1S/C28H24FN3O3/c1-35-20-9-10-22-23(15-20)26(18-6-4-7-19(29)13-18)24(16-30)32(28(22)34)12-11-31-27-21-8-3-2-5-17(21)14-25(27)33/h2-10,13,15,25,27,31,33H,11-12,14H2,1H3. The summed E-state index contributed by atoms with van der Waals surface area (Å²) in [6.07, 6.45) is 0.00477. The van der Waals surface area contributed by atoms with Crippen LogP contribution < -0.4 is 15.6 Å². The van der Waals surface area contributed by atoms with Gasteiger partial charge in [0.15, 0.2) is 0 Å². The van der Waals surface area contributed by atoms with Crippen LogP contribution in [0.4, 0.5) is 4.39 Å². The van der Waals surface area contributed by atoms with Crippen LogP contribution in [0, 0.1) is 17.1 Å². The van der Waals surface area contributed by atoms with Gasteiger partial charge in [-0.15, -0.1) is 0 Å². The quantitative estimate of drug-likeness (QED) is 0.447. The number of nitriles is 1. The summed E-state index contributed by atoms with van der Waals surface area (Å²) in [5, 5.41) is 25.0. The van der Waals surface area contributed by atoms with Crippen molar-refractivity contribution in [1.29, 1.82) is 5.26 Å². The molecule has 0 saturated carbocycles. The predicted molar refractivity (Wildman–Crippen MR) is 132 cm³/mol. The molecule has 1 aliphatic carbocycles. The maximum absolute atomic E-state index is 14.1. The first kappa shape index (κ1) is 22.8. The van der Waals surface area contributed by atoms with Crippen molar-refractivity contribution >= 4 is 10.8 Å². The molecule has 2 N–H and O–H groups in total. The van der Waals surface area contributed by atoms with Crippen LogP contribution in [-0.4, -0.2) is 29.4 Å². The molecule has 0 fully saturated rings. The molecule has 176 valence electrons. The molecule has 0 aliphatic heterocycles. The average Bonchev–Trinajstić information content (AvgIpc) is 3.19. The summed E-state index contributed by atoms with van der Waals surface area (Å²) in [5.74, 6) is 0.0995. The van der Waals surface area contributed by atoms with Gasteiger partial charge in [0.25, 0.3) is 5.56 Å². The molecular weight excluding hydrogens is 445 g/mol. The Kier molecular flexibility index (Phi) is 6.08. The van der Waals surface area contributed by atoms with Crippen molar-refractivity contribution in [3.63, 3.8) is 0 Å². The molecule has 35 heavy (non-hydrogen) atoms. The Morgan fingerprint density at radius 3 is 2.74 bits per heavy atom. The first-order chi connectivity index (χ1) is 17.0. The molecule has 4 aromatic rings. The molecule has 0 saturated heterocycles. The van der Waals surface area contributed by atoms with Crippen molar-refractivity contribution in [3.8, 4) is 22.9 Å². The lowest BCUT2D eigenvalue weighted by Gasteiger charge is -2.20. The number of nitrogens with one attached hydrogen (secondary N) is 1. The van der Waals surface area contributed by atoms with E-state index in [0.29, 0.717) is 40.6 Å². The van der Waals surface area contributed by atoms with Crippen LogP contribution >= 0.6 is 0 Å². The van der Waals surface area contributed by atoms with Crippen molar-refractivity contribution in [2.24, 2.45) is 0 Å². The maximum Gasteiger partial charge on any atom is 0.259 e. The van der Waals surface area contributed by atoms with Gasteiger partial charge in [0.1, 0.15) is 23.3 Å².